The fourth-order valence-electron chi connectivity index (χ4n) is 9.40. The molecule has 3 saturated carbocycles. The van der Waals surface area contributed by atoms with E-state index in [-0.39, 0.29) is 0 Å². The molecule has 0 unspecified atom stereocenters. The third-order valence-corrected chi connectivity index (χ3v) is 11.1. The van der Waals surface area contributed by atoms with Gasteiger partial charge < -0.3 is 4.90 Å². The molecule has 2 nitrogen and oxygen atoms in total. The molecule has 32 heavy (non-hydrogen) atoms. The first-order valence-corrected chi connectivity index (χ1v) is 14.1. The monoisotopic (exact) mass is 441 g/mol. The van der Waals surface area contributed by atoms with E-state index in [2.05, 4.69) is 59.6 Å². The van der Waals surface area contributed by atoms with Gasteiger partial charge in [0, 0.05) is 19.5 Å². The van der Waals surface area contributed by atoms with Crippen LogP contribution >= 0.6 is 0 Å². The van der Waals surface area contributed by atoms with Crippen molar-refractivity contribution < 1.29 is 4.79 Å². The first kappa shape index (κ1) is 24.3. The Morgan fingerprint density at radius 3 is 2.44 bits per heavy atom. The van der Waals surface area contributed by atoms with Crippen molar-refractivity contribution in [2.45, 2.75) is 118 Å². The lowest BCUT2D eigenvalue weighted by Crippen LogP contribution is -2.62. The second kappa shape index (κ2) is 9.10. The molecule has 4 aliphatic rings. The summed E-state index contributed by atoms with van der Waals surface area (Å²) in [7, 11) is 2.09. The summed E-state index contributed by atoms with van der Waals surface area (Å²) < 4.78 is 0. The van der Waals surface area contributed by atoms with E-state index in [0.717, 1.165) is 61.2 Å². The van der Waals surface area contributed by atoms with Crippen molar-refractivity contribution in [2.75, 3.05) is 7.05 Å². The topological polar surface area (TPSA) is 20.3 Å². The van der Waals surface area contributed by atoms with Gasteiger partial charge in [-0.25, -0.2) is 0 Å². The van der Waals surface area contributed by atoms with Gasteiger partial charge in [0.25, 0.3) is 0 Å². The minimum absolute atomic E-state index is 0.306. The zero-order valence-electron chi connectivity index (χ0n) is 22.3. The number of hydrogen-bond acceptors (Lipinski definition) is 1. The quantitative estimate of drug-likeness (QED) is 0.384. The maximum Gasteiger partial charge on any atom is 0.222 e. The predicted octanol–water partition coefficient (Wildman–Crippen LogP) is 7.87. The number of amides is 1. The maximum atomic E-state index is 12.6. The summed E-state index contributed by atoms with van der Waals surface area (Å²) in [5.74, 6) is 5.37. The molecule has 0 radical (unpaired) electrons. The Kier molecular flexibility index (Phi) is 6.92. The molecule has 1 saturated heterocycles. The zero-order valence-corrected chi connectivity index (χ0v) is 22.3. The summed E-state index contributed by atoms with van der Waals surface area (Å²) in [6.07, 6.45) is 16.6. The lowest BCUT2D eigenvalue weighted by Gasteiger charge is -2.62. The highest BCUT2D eigenvalue weighted by Gasteiger charge is 2.62. The van der Waals surface area contributed by atoms with Crippen LogP contribution in [0.3, 0.4) is 0 Å². The van der Waals surface area contributed by atoms with Crippen molar-refractivity contribution in [1.29, 1.82) is 0 Å². The van der Waals surface area contributed by atoms with E-state index in [0.29, 0.717) is 22.8 Å². The first-order valence-electron chi connectivity index (χ1n) is 14.1. The van der Waals surface area contributed by atoms with Gasteiger partial charge in [0.2, 0.25) is 5.91 Å². The van der Waals surface area contributed by atoms with Gasteiger partial charge in [0.1, 0.15) is 0 Å². The van der Waals surface area contributed by atoms with Crippen LogP contribution in [-0.4, -0.2) is 23.9 Å². The van der Waals surface area contributed by atoms with E-state index < -0.39 is 0 Å². The Balaban J connectivity index is 1.60. The number of hydrogen-bond donors (Lipinski definition) is 0. The van der Waals surface area contributed by atoms with Crippen LogP contribution in [0.5, 0.6) is 0 Å². The van der Waals surface area contributed by atoms with Gasteiger partial charge in [-0.3, -0.25) is 4.79 Å². The van der Waals surface area contributed by atoms with Crippen molar-refractivity contribution >= 4 is 5.91 Å². The van der Waals surface area contributed by atoms with Crippen molar-refractivity contribution in [3.63, 3.8) is 0 Å². The molecule has 0 spiro atoms. The van der Waals surface area contributed by atoms with Crippen LogP contribution in [0.4, 0.5) is 0 Å². The van der Waals surface area contributed by atoms with Crippen molar-refractivity contribution in [3.8, 4) is 0 Å². The predicted molar refractivity (Wildman–Crippen MR) is 135 cm³/mol. The van der Waals surface area contributed by atoms with Gasteiger partial charge in [0.15, 0.2) is 0 Å². The summed E-state index contributed by atoms with van der Waals surface area (Å²) in [6.45, 7) is 14.9. The summed E-state index contributed by atoms with van der Waals surface area (Å²) in [5.41, 5.74) is 2.55. The average Bonchev–Trinajstić information content (AvgIpc) is 3.09. The van der Waals surface area contributed by atoms with E-state index in [4.69, 9.17) is 0 Å². The number of likely N-dealkylation sites (tertiary alicyclic amines) is 1. The van der Waals surface area contributed by atoms with Crippen LogP contribution in [0.15, 0.2) is 11.6 Å². The molecule has 0 N–H and O–H groups in total. The molecular weight excluding hydrogens is 390 g/mol. The Labute approximate surface area is 199 Å². The van der Waals surface area contributed by atoms with E-state index in [1.165, 1.54) is 44.9 Å². The lowest BCUT2D eigenvalue weighted by atomic mass is 9.45. The summed E-state index contributed by atoms with van der Waals surface area (Å²) in [4.78, 5) is 14.7. The third-order valence-electron chi connectivity index (χ3n) is 11.1. The van der Waals surface area contributed by atoms with Crippen LogP contribution in [-0.2, 0) is 4.79 Å². The Bertz CT molecular complexity index is 724. The molecule has 1 heterocycles. The molecule has 2 heteroatoms. The average molecular weight is 442 g/mol. The standard InChI is InChI=1S/C30H51NO/c1-8-10-22-19-26-30(6,18-16-27(32)31(26)7)25-15-17-29(5)23(13-14-24(29)28(22)25)21(4)12-9-11-20(2)3/h10,20-21,23-26,28H,8-9,11-19H2,1-7H3/b22-10-/t21-,23-,24+,25+,26-,28+,29-,30-/m1/s1. The van der Waals surface area contributed by atoms with Crippen molar-refractivity contribution in [3.05, 3.63) is 11.6 Å². The molecule has 8 atom stereocenters. The van der Waals surface area contributed by atoms with Gasteiger partial charge in [0.05, 0.1) is 0 Å². The number of rotatable bonds is 6. The van der Waals surface area contributed by atoms with E-state index in [1.807, 2.05) is 0 Å². The molecule has 182 valence electrons. The summed E-state index contributed by atoms with van der Waals surface area (Å²) >= 11 is 0. The number of carbonyl (C=O) groups is 1. The SMILES string of the molecule is CC/C=C1/C[C@H]2N(C)C(=O)CC[C@]2(C)[C@H]2CC[C@]3(C)[C@@H]([C@H](C)CCCC(C)C)CC[C@H]3[C@H]12. The highest BCUT2D eigenvalue weighted by Crippen LogP contribution is 2.68. The Morgan fingerprint density at radius 1 is 1.03 bits per heavy atom. The maximum absolute atomic E-state index is 12.6. The van der Waals surface area contributed by atoms with E-state index >= 15 is 0 Å². The minimum Gasteiger partial charge on any atom is -0.342 e. The smallest absolute Gasteiger partial charge is 0.222 e. The lowest BCUT2D eigenvalue weighted by molar-refractivity contribution is -0.152. The Hall–Kier alpha value is -0.790. The van der Waals surface area contributed by atoms with Crippen LogP contribution in [0, 0.1) is 46.3 Å². The number of carbonyl (C=O) groups excluding carboxylic acids is 1. The van der Waals surface area contributed by atoms with Gasteiger partial charge in [-0.05, 0) is 91.3 Å². The molecular formula is C30H51NO. The fourth-order valence-corrected chi connectivity index (χ4v) is 9.40. The van der Waals surface area contributed by atoms with Crippen molar-refractivity contribution in [2.24, 2.45) is 46.3 Å². The van der Waals surface area contributed by atoms with E-state index in [1.54, 1.807) is 5.57 Å². The largest absolute Gasteiger partial charge is 0.342 e. The molecule has 4 fully saturated rings. The second-order valence-corrected chi connectivity index (χ2v) is 13.2. The van der Waals surface area contributed by atoms with Gasteiger partial charge in [-0.1, -0.05) is 72.5 Å². The minimum atomic E-state index is 0.306. The van der Waals surface area contributed by atoms with Crippen LogP contribution in [0.25, 0.3) is 0 Å². The molecule has 1 aliphatic heterocycles. The number of allylic oxidation sites excluding steroid dienone is 1. The molecule has 0 aromatic heterocycles. The summed E-state index contributed by atoms with van der Waals surface area (Å²) in [6, 6.07) is 0.416. The zero-order chi connectivity index (χ0) is 23.3. The van der Waals surface area contributed by atoms with Crippen molar-refractivity contribution in [1.82, 2.24) is 4.90 Å². The fraction of sp³-hybridized carbons (Fsp3) is 0.900. The molecule has 0 aromatic carbocycles. The van der Waals surface area contributed by atoms with Gasteiger partial charge in [-0.2, -0.15) is 0 Å². The molecule has 1 amide bonds. The summed E-state index contributed by atoms with van der Waals surface area (Å²) in [5, 5.41) is 0. The van der Waals surface area contributed by atoms with Gasteiger partial charge >= 0.3 is 0 Å². The second-order valence-electron chi connectivity index (χ2n) is 13.2. The highest BCUT2D eigenvalue weighted by molar-refractivity contribution is 5.77. The van der Waals surface area contributed by atoms with Crippen LogP contribution in [0.2, 0.25) is 0 Å². The van der Waals surface area contributed by atoms with Gasteiger partial charge in [-0.15, -0.1) is 0 Å². The Morgan fingerprint density at radius 2 is 1.75 bits per heavy atom. The first-order chi connectivity index (χ1) is 15.1. The number of nitrogens with zero attached hydrogens (tertiary/aromatic N) is 1. The third kappa shape index (κ3) is 3.90. The molecule has 3 aliphatic carbocycles. The highest BCUT2D eigenvalue weighted by atomic mass is 16.2. The molecule has 0 aromatic rings. The molecule has 4 rings (SSSR count). The van der Waals surface area contributed by atoms with Crippen LogP contribution < -0.4 is 0 Å². The van der Waals surface area contributed by atoms with E-state index in [9.17, 15) is 4.79 Å². The molecule has 0 bridgehead atoms. The number of piperidine rings is 1. The number of fused-ring (bicyclic) bond motifs is 5. The van der Waals surface area contributed by atoms with Crippen LogP contribution in [0.1, 0.15) is 112 Å². The normalized spacial score (nSPS) is 43.9.